The van der Waals surface area contributed by atoms with E-state index in [-0.39, 0.29) is 5.75 Å². The van der Waals surface area contributed by atoms with Crippen LogP contribution < -0.4 is 4.74 Å². The van der Waals surface area contributed by atoms with Crippen LogP contribution in [0.25, 0.3) is 10.8 Å². The number of nitrogens with zero attached hydrogens (tertiary/aromatic N) is 2. The Morgan fingerprint density at radius 3 is 2.50 bits per heavy atom. The number of benzene rings is 2. The first-order valence-electron chi connectivity index (χ1n) is 5.48. The molecule has 0 saturated carbocycles. The van der Waals surface area contributed by atoms with Crippen LogP contribution in [-0.2, 0) is 0 Å². The fraction of sp³-hybridized carbons (Fsp3) is 0. The second-order valence-corrected chi connectivity index (χ2v) is 3.81. The number of aromatic hydroxyl groups is 1. The largest absolute Gasteiger partial charge is 0.504 e. The van der Waals surface area contributed by atoms with E-state index in [0.29, 0.717) is 11.6 Å². The third-order valence-corrected chi connectivity index (χ3v) is 2.58. The van der Waals surface area contributed by atoms with Crippen LogP contribution in [0.2, 0.25) is 0 Å². The van der Waals surface area contributed by atoms with Crippen molar-refractivity contribution in [2.24, 2.45) is 0 Å². The summed E-state index contributed by atoms with van der Waals surface area (Å²) in [5, 5.41) is 11.9. The van der Waals surface area contributed by atoms with Gasteiger partial charge < -0.3 is 9.84 Å². The predicted molar refractivity (Wildman–Crippen MR) is 67.7 cm³/mol. The Morgan fingerprint density at radius 1 is 1.00 bits per heavy atom. The zero-order valence-electron chi connectivity index (χ0n) is 9.45. The monoisotopic (exact) mass is 238 g/mol. The van der Waals surface area contributed by atoms with Crippen molar-refractivity contribution in [2.45, 2.75) is 0 Å². The minimum absolute atomic E-state index is 0.0827. The average Bonchev–Trinajstić information content (AvgIpc) is 2.41. The van der Waals surface area contributed by atoms with Gasteiger partial charge in [-0.15, -0.1) is 0 Å². The third-order valence-electron chi connectivity index (χ3n) is 2.58. The Morgan fingerprint density at radius 2 is 1.78 bits per heavy atom. The fourth-order valence-electron chi connectivity index (χ4n) is 1.74. The Bertz CT molecular complexity index is 684. The molecule has 3 rings (SSSR count). The van der Waals surface area contributed by atoms with Gasteiger partial charge in [0.05, 0.1) is 6.20 Å². The number of phenolic OH excluding ortho intramolecular Hbond substituents is 1. The second kappa shape index (κ2) is 4.33. The molecule has 0 aliphatic rings. The highest BCUT2D eigenvalue weighted by molar-refractivity contribution is 5.85. The summed E-state index contributed by atoms with van der Waals surface area (Å²) in [5.74, 6) is 0.802. The maximum atomic E-state index is 9.90. The Hall–Kier alpha value is -2.62. The van der Waals surface area contributed by atoms with Crippen molar-refractivity contribution in [1.82, 2.24) is 9.97 Å². The molecule has 0 saturated heterocycles. The molecule has 0 aliphatic heterocycles. The summed E-state index contributed by atoms with van der Waals surface area (Å²) < 4.78 is 5.49. The molecule has 4 nitrogen and oxygen atoms in total. The molecule has 1 aromatic heterocycles. The van der Waals surface area contributed by atoms with E-state index in [1.165, 1.54) is 12.4 Å². The van der Waals surface area contributed by atoms with Crippen LogP contribution in [0.15, 0.2) is 55.0 Å². The van der Waals surface area contributed by atoms with Gasteiger partial charge in [0.2, 0.25) is 5.88 Å². The van der Waals surface area contributed by atoms with Gasteiger partial charge in [-0.1, -0.05) is 24.3 Å². The molecule has 18 heavy (non-hydrogen) atoms. The van der Waals surface area contributed by atoms with Crippen LogP contribution in [0.3, 0.4) is 0 Å². The lowest BCUT2D eigenvalue weighted by atomic mass is 10.1. The molecule has 0 bridgehead atoms. The highest BCUT2D eigenvalue weighted by Gasteiger charge is 2.06. The SMILES string of the molecule is Oc1cc2ccccc2cc1Oc1cnccn1. The number of fused-ring (bicyclic) bond motifs is 1. The van der Waals surface area contributed by atoms with Crippen molar-refractivity contribution >= 4 is 10.8 Å². The molecule has 0 unspecified atom stereocenters. The predicted octanol–water partition coefficient (Wildman–Crippen LogP) is 3.13. The molecule has 0 atom stereocenters. The first-order chi connectivity index (χ1) is 8.83. The Kier molecular flexibility index (Phi) is 2.53. The number of hydrogen-bond acceptors (Lipinski definition) is 4. The van der Waals surface area contributed by atoms with Gasteiger partial charge in [-0.2, -0.15) is 0 Å². The van der Waals surface area contributed by atoms with Gasteiger partial charge in [-0.05, 0) is 22.9 Å². The van der Waals surface area contributed by atoms with E-state index in [0.717, 1.165) is 10.8 Å². The first kappa shape index (κ1) is 10.5. The standard InChI is InChI=1S/C14H10N2O2/c17-12-7-10-3-1-2-4-11(10)8-13(12)18-14-9-15-5-6-16-14/h1-9,17H. The van der Waals surface area contributed by atoms with E-state index >= 15 is 0 Å². The van der Waals surface area contributed by atoms with Crippen LogP contribution in [0, 0.1) is 0 Å². The van der Waals surface area contributed by atoms with Gasteiger partial charge in [0.1, 0.15) is 0 Å². The number of ether oxygens (including phenoxy) is 1. The molecule has 0 spiro atoms. The van der Waals surface area contributed by atoms with E-state index in [1.54, 1.807) is 18.3 Å². The van der Waals surface area contributed by atoms with Crippen molar-refractivity contribution in [2.75, 3.05) is 0 Å². The lowest BCUT2D eigenvalue weighted by Crippen LogP contribution is -1.89. The van der Waals surface area contributed by atoms with Crippen molar-refractivity contribution in [1.29, 1.82) is 0 Å². The van der Waals surface area contributed by atoms with E-state index in [4.69, 9.17) is 4.74 Å². The molecule has 88 valence electrons. The molecule has 4 heteroatoms. The van der Waals surface area contributed by atoms with Gasteiger partial charge in [0.25, 0.3) is 0 Å². The second-order valence-electron chi connectivity index (χ2n) is 3.81. The molecular weight excluding hydrogens is 228 g/mol. The minimum Gasteiger partial charge on any atom is -0.504 e. The van der Waals surface area contributed by atoms with Gasteiger partial charge in [0, 0.05) is 12.4 Å². The highest BCUT2D eigenvalue weighted by atomic mass is 16.5. The summed E-state index contributed by atoms with van der Waals surface area (Å²) in [4.78, 5) is 7.90. The number of hydrogen-bond donors (Lipinski definition) is 1. The lowest BCUT2D eigenvalue weighted by Gasteiger charge is -2.07. The van der Waals surface area contributed by atoms with Crippen molar-refractivity contribution in [3.8, 4) is 17.4 Å². The minimum atomic E-state index is 0.0827. The molecule has 3 aromatic rings. The summed E-state index contributed by atoms with van der Waals surface area (Å²) in [6, 6.07) is 11.2. The smallest absolute Gasteiger partial charge is 0.238 e. The molecule has 0 amide bonds. The molecular formula is C14H10N2O2. The molecule has 0 fully saturated rings. The van der Waals surface area contributed by atoms with Gasteiger partial charge in [-0.25, -0.2) is 4.98 Å². The summed E-state index contributed by atoms with van der Waals surface area (Å²) in [5.41, 5.74) is 0. The van der Waals surface area contributed by atoms with Crippen molar-refractivity contribution in [3.05, 3.63) is 55.0 Å². The van der Waals surface area contributed by atoms with E-state index in [9.17, 15) is 5.11 Å². The first-order valence-corrected chi connectivity index (χ1v) is 5.48. The fourth-order valence-corrected chi connectivity index (χ4v) is 1.74. The van der Waals surface area contributed by atoms with Crippen LogP contribution in [0.5, 0.6) is 17.4 Å². The average molecular weight is 238 g/mol. The van der Waals surface area contributed by atoms with E-state index in [2.05, 4.69) is 9.97 Å². The van der Waals surface area contributed by atoms with Crippen molar-refractivity contribution in [3.63, 3.8) is 0 Å². The lowest BCUT2D eigenvalue weighted by molar-refractivity contribution is 0.402. The summed E-state index contributed by atoms with van der Waals surface area (Å²) in [7, 11) is 0. The summed E-state index contributed by atoms with van der Waals surface area (Å²) in [6.45, 7) is 0. The van der Waals surface area contributed by atoms with Crippen LogP contribution in [-0.4, -0.2) is 15.1 Å². The maximum absolute atomic E-state index is 9.90. The quantitative estimate of drug-likeness (QED) is 0.745. The van der Waals surface area contributed by atoms with Gasteiger partial charge >= 0.3 is 0 Å². The zero-order valence-corrected chi connectivity index (χ0v) is 9.45. The number of rotatable bonds is 2. The third kappa shape index (κ3) is 1.96. The zero-order chi connectivity index (χ0) is 12.4. The van der Waals surface area contributed by atoms with E-state index in [1.807, 2.05) is 24.3 Å². The summed E-state index contributed by atoms with van der Waals surface area (Å²) in [6.07, 6.45) is 4.59. The number of phenols is 1. The highest BCUT2D eigenvalue weighted by Crippen LogP contribution is 2.33. The Labute approximate surface area is 104 Å². The Balaban J connectivity index is 2.04. The van der Waals surface area contributed by atoms with E-state index < -0.39 is 0 Å². The normalized spacial score (nSPS) is 10.4. The van der Waals surface area contributed by atoms with Crippen LogP contribution >= 0.6 is 0 Å². The molecule has 0 radical (unpaired) electrons. The van der Waals surface area contributed by atoms with Gasteiger partial charge in [-0.3, -0.25) is 4.98 Å². The van der Waals surface area contributed by atoms with Gasteiger partial charge in [0.15, 0.2) is 11.5 Å². The molecule has 1 heterocycles. The van der Waals surface area contributed by atoms with Crippen LogP contribution in [0.4, 0.5) is 0 Å². The number of aromatic nitrogens is 2. The topological polar surface area (TPSA) is 55.2 Å². The van der Waals surface area contributed by atoms with Crippen molar-refractivity contribution < 1.29 is 9.84 Å². The maximum Gasteiger partial charge on any atom is 0.238 e. The molecule has 0 aliphatic carbocycles. The molecule has 1 N–H and O–H groups in total. The molecule has 2 aromatic carbocycles. The van der Waals surface area contributed by atoms with Crippen LogP contribution in [0.1, 0.15) is 0 Å². The summed E-state index contributed by atoms with van der Waals surface area (Å²) >= 11 is 0.